The number of pyridine rings is 1. The van der Waals surface area contributed by atoms with Crippen molar-refractivity contribution in [3.05, 3.63) is 65.6 Å². The van der Waals surface area contributed by atoms with Crippen molar-refractivity contribution in [3.8, 4) is 11.5 Å². The first kappa shape index (κ1) is 22.1. The largest absolute Gasteiger partial charge is 0.497 e. The van der Waals surface area contributed by atoms with Crippen LogP contribution in [0.3, 0.4) is 0 Å². The number of nitrogens with one attached hydrogen (secondary N) is 1. The van der Waals surface area contributed by atoms with Crippen molar-refractivity contribution < 1.29 is 9.47 Å². The van der Waals surface area contributed by atoms with E-state index in [0.717, 1.165) is 11.3 Å². The lowest BCUT2D eigenvalue weighted by molar-refractivity contribution is 0.391. The fraction of sp³-hybridized carbons (Fsp3) is 0.200. The van der Waals surface area contributed by atoms with Gasteiger partial charge in [0.25, 0.3) is 0 Å². The third kappa shape index (κ3) is 6.41. The van der Waals surface area contributed by atoms with Crippen LogP contribution in [0.15, 0.2) is 64.4 Å². The first-order chi connectivity index (χ1) is 14.0. The summed E-state index contributed by atoms with van der Waals surface area (Å²) in [5, 5.41) is 8.04. The summed E-state index contributed by atoms with van der Waals surface area (Å²) in [6.45, 7) is 0.826. The lowest BCUT2D eigenvalue weighted by atomic mass is 10.2. The van der Waals surface area contributed by atoms with Gasteiger partial charge in [0.15, 0.2) is 5.84 Å². The SMILES string of the molecule is COc1ccc(CN=C2N=C(Cl)C=C(N)C2=N)c(OC)c1.NCc1ccccn1. The zero-order valence-electron chi connectivity index (χ0n) is 16.2. The number of nitrogens with zero attached hydrogens (tertiary/aromatic N) is 3. The number of halogens is 1. The molecule has 0 unspecified atom stereocenters. The zero-order chi connectivity index (χ0) is 21.2. The van der Waals surface area contributed by atoms with E-state index in [4.69, 9.17) is 38.0 Å². The lowest BCUT2D eigenvalue weighted by Gasteiger charge is -2.11. The van der Waals surface area contributed by atoms with Crippen LogP contribution in [0.25, 0.3) is 0 Å². The number of rotatable bonds is 5. The minimum absolute atomic E-state index is 0.0619. The van der Waals surface area contributed by atoms with E-state index in [2.05, 4.69) is 15.0 Å². The van der Waals surface area contributed by atoms with Gasteiger partial charge in [-0.1, -0.05) is 17.7 Å². The van der Waals surface area contributed by atoms with Crippen molar-refractivity contribution >= 4 is 28.3 Å². The van der Waals surface area contributed by atoms with E-state index < -0.39 is 0 Å². The fourth-order valence-electron chi connectivity index (χ4n) is 2.29. The molecule has 0 saturated carbocycles. The van der Waals surface area contributed by atoms with E-state index in [1.54, 1.807) is 26.5 Å². The number of amidine groups is 1. The van der Waals surface area contributed by atoms with Crippen LogP contribution in [0, 0.1) is 5.41 Å². The second kappa shape index (κ2) is 10.9. The number of ether oxygens (including phenoxy) is 2. The van der Waals surface area contributed by atoms with Gasteiger partial charge in [-0.3, -0.25) is 15.4 Å². The normalized spacial score (nSPS) is 14.5. The van der Waals surface area contributed by atoms with Crippen molar-refractivity contribution in [2.45, 2.75) is 13.1 Å². The van der Waals surface area contributed by atoms with Crippen molar-refractivity contribution in [2.75, 3.05) is 14.2 Å². The molecule has 5 N–H and O–H groups in total. The minimum atomic E-state index is 0.0619. The number of allylic oxidation sites excluding steroid dienone is 1. The molecular weight excluding hydrogens is 392 g/mol. The van der Waals surface area contributed by atoms with Crippen molar-refractivity contribution in [3.63, 3.8) is 0 Å². The van der Waals surface area contributed by atoms with Gasteiger partial charge in [-0.2, -0.15) is 0 Å². The molecule has 1 aromatic carbocycles. The highest BCUT2D eigenvalue weighted by molar-refractivity contribution is 6.72. The number of hydrogen-bond acceptors (Lipinski definition) is 7. The van der Waals surface area contributed by atoms with Crippen LogP contribution in [0.2, 0.25) is 0 Å². The van der Waals surface area contributed by atoms with E-state index in [0.29, 0.717) is 24.6 Å². The van der Waals surface area contributed by atoms with Gasteiger partial charge >= 0.3 is 0 Å². The predicted molar refractivity (Wildman–Crippen MR) is 116 cm³/mol. The van der Waals surface area contributed by atoms with Crippen LogP contribution in [0.5, 0.6) is 11.5 Å². The number of hydrogen-bond donors (Lipinski definition) is 3. The average Bonchev–Trinajstić information content (AvgIpc) is 2.76. The number of dihydropyridines is 1. The first-order valence-corrected chi connectivity index (χ1v) is 9.02. The molecule has 1 aliphatic rings. The highest BCUT2D eigenvalue weighted by atomic mass is 35.5. The molecule has 2 aromatic rings. The molecule has 29 heavy (non-hydrogen) atoms. The van der Waals surface area contributed by atoms with Crippen LogP contribution in [-0.2, 0) is 13.1 Å². The molecule has 152 valence electrons. The van der Waals surface area contributed by atoms with E-state index in [1.807, 2.05) is 30.3 Å². The van der Waals surface area contributed by atoms with Crippen LogP contribution >= 0.6 is 11.6 Å². The maximum absolute atomic E-state index is 7.83. The maximum Gasteiger partial charge on any atom is 0.176 e. The Hall–Kier alpha value is -3.23. The monoisotopic (exact) mass is 414 g/mol. The molecule has 2 heterocycles. The summed E-state index contributed by atoms with van der Waals surface area (Å²) < 4.78 is 10.4. The molecule has 0 bridgehead atoms. The zero-order valence-corrected chi connectivity index (χ0v) is 17.0. The highest BCUT2D eigenvalue weighted by Gasteiger charge is 2.15. The molecule has 3 rings (SSSR count). The predicted octanol–water partition coefficient (Wildman–Crippen LogP) is 2.66. The summed E-state index contributed by atoms with van der Waals surface area (Å²) in [7, 11) is 3.16. The summed E-state index contributed by atoms with van der Waals surface area (Å²) in [5.41, 5.74) is 13.0. The number of nitrogens with two attached hydrogens (primary N) is 2. The van der Waals surface area contributed by atoms with Crippen molar-refractivity contribution in [1.29, 1.82) is 5.41 Å². The molecule has 1 aliphatic heterocycles. The Morgan fingerprint density at radius 3 is 2.55 bits per heavy atom. The Balaban J connectivity index is 0.000000313. The Labute approximate surface area is 174 Å². The standard InChI is InChI=1S/C14H15ClN4O2.C6H8N2/c1-20-9-4-3-8(11(5-9)21-2)7-18-14-13(17)10(16)6-12(15)19-14;7-5-6-3-1-2-4-8-6/h3-6,17H,7,16H2,1-2H3;1-4H,5,7H2. The molecule has 9 heteroatoms. The van der Waals surface area contributed by atoms with E-state index in [-0.39, 0.29) is 22.4 Å². The van der Waals surface area contributed by atoms with E-state index >= 15 is 0 Å². The average molecular weight is 415 g/mol. The van der Waals surface area contributed by atoms with Gasteiger partial charge in [0.05, 0.1) is 32.2 Å². The first-order valence-electron chi connectivity index (χ1n) is 8.64. The minimum Gasteiger partial charge on any atom is -0.497 e. The van der Waals surface area contributed by atoms with Crippen LogP contribution in [0.1, 0.15) is 11.3 Å². The van der Waals surface area contributed by atoms with E-state index in [1.165, 1.54) is 6.08 Å². The van der Waals surface area contributed by atoms with Gasteiger partial charge in [0, 0.05) is 30.4 Å². The molecule has 8 nitrogen and oxygen atoms in total. The van der Waals surface area contributed by atoms with Gasteiger partial charge in [0.2, 0.25) is 0 Å². The lowest BCUT2D eigenvalue weighted by Crippen LogP contribution is -2.24. The second-order valence-electron chi connectivity index (χ2n) is 5.75. The molecule has 0 radical (unpaired) electrons. The third-order valence-electron chi connectivity index (χ3n) is 3.83. The number of aliphatic imine (C=N–C) groups is 2. The van der Waals surface area contributed by atoms with Gasteiger partial charge in [-0.25, -0.2) is 4.99 Å². The third-order valence-corrected chi connectivity index (χ3v) is 4.02. The van der Waals surface area contributed by atoms with Gasteiger partial charge in [-0.15, -0.1) is 0 Å². The summed E-state index contributed by atoms with van der Waals surface area (Å²) in [4.78, 5) is 12.3. The molecule has 0 amide bonds. The molecule has 0 atom stereocenters. The number of aromatic nitrogens is 1. The summed E-state index contributed by atoms with van der Waals surface area (Å²) >= 11 is 5.83. The highest BCUT2D eigenvalue weighted by Crippen LogP contribution is 2.25. The number of benzene rings is 1. The summed E-state index contributed by atoms with van der Waals surface area (Å²) in [6.07, 6.45) is 3.17. The van der Waals surface area contributed by atoms with Crippen LogP contribution in [-0.4, -0.2) is 35.9 Å². The van der Waals surface area contributed by atoms with Crippen molar-refractivity contribution in [2.24, 2.45) is 21.5 Å². The quantitative estimate of drug-likeness (QED) is 0.691. The Kier molecular flexibility index (Phi) is 8.32. The fourth-order valence-corrected chi connectivity index (χ4v) is 2.49. The Bertz CT molecular complexity index is 941. The molecular formula is C20H23ClN6O2. The topological polar surface area (TPSA) is 132 Å². The molecule has 1 aromatic heterocycles. The van der Waals surface area contributed by atoms with Gasteiger partial charge in [-0.05, 0) is 24.3 Å². The van der Waals surface area contributed by atoms with Crippen LogP contribution in [0.4, 0.5) is 0 Å². The summed E-state index contributed by atoms with van der Waals surface area (Å²) in [6, 6.07) is 11.1. The maximum atomic E-state index is 7.83. The molecule has 0 spiro atoms. The molecule has 0 aliphatic carbocycles. The van der Waals surface area contributed by atoms with Crippen molar-refractivity contribution in [1.82, 2.24) is 4.98 Å². The Morgan fingerprint density at radius 1 is 1.17 bits per heavy atom. The number of methoxy groups -OCH3 is 2. The smallest absolute Gasteiger partial charge is 0.176 e. The van der Waals surface area contributed by atoms with Gasteiger partial charge < -0.3 is 20.9 Å². The molecule has 0 fully saturated rings. The molecule has 0 saturated heterocycles. The van der Waals surface area contributed by atoms with E-state index in [9.17, 15) is 0 Å². The second-order valence-corrected chi connectivity index (χ2v) is 6.14. The summed E-state index contributed by atoms with van der Waals surface area (Å²) in [5.74, 6) is 1.56. The Morgan fingerprint density at radius 2 is 1.97 bits per heavy atom. The van der Waals surface area contributed by atoms with Crippen LogP contribution < -0.4 is 20.9 Å². The van der Waals surface area contributed by atoms with Gasteiger partial charge in [0.1, 0.15) is 22.4 Å².